The first-order valence-electron chi connectivity index (χ1n) is 5.63. The van der Waals surface area contributed by atoms with Gasteiger partial charge in [0, 0.05) is 5.69 Å². The first-order valence-corrected chi connectivity index (χ1v) is 7.11. The van der Waals surface area contributed by atoms with E-state index in [9.17, 15) is 13.2 Å². The average molecular weight is 287 g/mol. The molecule has 1 rings (SSSR count). The standard InChI is InChI=1S/C11H17N3O4S/c1-3-18-11(15)7-14-9-5-4-8(12)6-10(9)19(16,17)13-2/h4-6,13-14H,3,7,12H2,1-2H3. The lowest BCUT2D eigenvalue weighted by molar-refractivity contribution is -0.140. The van der Waals surface area contributed by atoms with Crippen LogP contribution in [0.1, 0.15) is 6.92 Å². The van der Waals surface area contributed by atoms with Crippen LogP contribution in [0.25, 0.3) is 0 Å². The van der Waals surface area contributed by atoms with Crippen LogP contribution in [-0.2, 0) is 19.6 Å². The van der Waals surface area contributed by atoms with Crippen LogP contribution >= 0.6 is 0 Å². The second kappa shape index (κ2) is 6.39. The largest absolute Gasteiger partial charge is 0.465 e. The zero-order valence-electron chi connectivity index (χ0n) is 10.8. The molecule has 106 valence electrons. The number of carbonyl (C=O) groups excluding carboxylic acids is 1. The fraction of sp³-hybridized carbons (Fsp3) is 0.364. The quantitative estimate of drug-likeness (QED) is 0.507. The minimum atomic E-state index is -3.66. The van der Waals surface area contributed by atoms with Gasteiger partial charge in [-0.05, 0) is 32.2 Å². The Bertz CT molecular complexity index is 557. The molecule has 0 aliphatic heterocycles. The minimum absolute atomic E-state index is 0.0145. The smallest absolute Gasteiger partial charge is 0.325 e. The molecule has 7 nitrogen and oxygen atoms in total. The average Bonchev–Trinajstić information content (AvgIpc) is 2.37. The van der Waals surface area contributed by atoms with E-state index >= 15 is 0 Å². The predicted octanol–water partition coefficient (Wildman–Crippen LogP) is 0.152. The van der Waals surface area contributed by atoms with Gasteiger partial charge in [0.25, 0.3) is 0 Å². The molecule has 0 bridgehead atoms. The highest BCUT2D eigenvalue weighted by atomic mass is 32.2. The lowest BCUT2D eigenvalue weighted by Gasteiger charge is -2.12. The summed E-state index contributed by atoms with van der Waals surface area (Å²) in [6, 6.07) is 4.36. The molecule has 0 heterocycles. The first-order chi connectivity index (χ1) is 8.90. The number of sulfonamides is 1. The van der Waals surface area contributed by atoms with Crippen molar-refractivity contribution in [1.29, 1.82) is 0 Å². The zero-order valence-corrected chi connectivity index (χ0v) is 11.6. The molecule has 0 fully saturated rings. The number of hydrogen-bond donors (Lipinski definition) is 3. The Morgan fingerprint density at radius 2 is 2.11 bits per heavy atom. The van der Waals surface area contributed by atoms with Crippen molar-refractivity contribution in [2.24, 2.45) is 0 Å². The zero-order chi connectivity index (χ0) is 14.5. The summed E-state index contributed by atoms with van der Waals surface area (Å²) in [5, 5.41) is 2.72. The van der Waals surface area contributed by atoms with E-state index in [0.29, 0.717) is 5.69 Å². The summed E-state index contributed by atoms with van der Waals surface area (Å²) in [6.07, 6.45) is 0. The van der Waals surface area contributed by atoms with Crippen LogP contribution < -0.4 is 15.8 Å². The van der Waals surface area contributed by atoms with E-state index in [1.165, 1.54) is 19.2 Å². The Labute approximate surface area is 112 Å². The van der Waals surface area contributed by atoms with E-state index < -0.39 is 16.0 Å². The third kappa shape index (κ3) is 4.11. The molecule has 8 heteroatoms. The van der Waals surface area contributed by atoms with Gasteiger partial charge in [-0.2, -0.15) is 0 Å². The molecule has 4 N–H and O–H groups in total. The van der Waals surface area contributed by atoms with E-state index in [1.807, 2.05) is 0 Å². The molecule has 0 aliphatic rings. The first kappa shape index (κ1) is 15.3. The number of hydrogen-bond acceptors (Lipinski definition) is 6. The Kier molecular flexibility index (Phi) is 5.13. The normalized spacial score (nSPS) is 11.1. The number of esters is 1. The van der Waals surface area contributed by atoms with Crippen molar-refractivity contribution in [1.82, 2.24) is 4.72 Å². The number of rotatable bonds is 6. The van der Waals surface area contributed by atoms with Crippen molar-refractivity contribution in [3.63, 3.8) is 0 Å². The second-order valence-electron chi connectivity index (χ2n) is 3.62. The van der Waals surface area contributed by atoms with Crippen LogP contribution in [0.15, 0.2) is 23.1 Å². The number of nitrogen functional groups attached to an aromatic ring is 1. The SMILES string of the molecule is CCOC(=O)CNc1ccc(N)cc1S(=O)(=O)NC. The molecular formula is C11H17N3O4S. The summed E-state index contributed by atoms with van der Waals surface area (Å²) in [6.45, 7) is 1.84. The van der Waals surface area contributed by atoms with E-state index in [4.69, 9.17) is 10.5 Å². The van der Waals surface area contributed by atoms with E-state index in [1.54, 1.807) is 13.0 Å². The summed E-state index contributed by atoms with van der Waals surface area (Å²) in [5.41, 5.74) is 6.17. The van der Waals surface area contributed by atoms with Gasteiger partial charge in [-0.15, -0.1) is 0 Å². The summed E-state index contributed by atoms with van der Waals surface area (Å²) < 4.78 is 30.6. The van der Waals surface area contributed by atoms with Crippen LogP contribution in [0.4, 0.5) is 11.4 Å². The molecule has 0 spiro atoms. The topological polar surface area (TPSA) is 111 Å². The van der Waals surface area contributed by atoms with E-state index in [2.05, 4.69) is 10.0 Å². The van der Waals surface area contributed by atoms with Crippen LogP contribution in [-0.4, -0.2) is 34.6 Å². The number of ether oxygens (including phenoxy) is 1. The maximum Gasteiger partial charge on any atom is 0.325 e. The molecule has 1 aromatic rings. The molecule has 0 radical (unpaired) electrons. The van der Waals surface area contributed by atoms with Gasteiger partial charge in [-0.1, -0.05) is 0 Å². The van der Waals surface area contributed by atoms with E-state index in [-0.39, 0.29) is 23.7 Å². The highest BCUT2D eigenvalue weighted by Gasteiger charge is 2.17. The van der Waals surface area contributed by atoms with Crippen LogP contribution in [0.5, 0.6) is 0 Å². The van der Waals surface area contributed by atoms with Crippen molar-refractivity contribution in [3.05, 3.63) is 18.2 Å². The van der Waals surface area contributed by atoms with Gasteiger partial charge < -0.3 is 15.8 Å². The lowest BCUT2D eigenvalue weighted by Crippen LogP contribution is -2.22. The van der Waals surface area contributed by atoms with Gasteiger partial charge in [-0.25, -0.2) is 13.1 Å². The highest BCUT2D eigenvalue weighted by Crippen LogP contribution is 2.23. The summed E-state index contributed by atoms with van der Waals surface area (Å²) in [4.78, 5) is 11.2. The van der Waals surface area contributed by atoms with Crippen LogP contribution in [0, 0.1) is 0 Å². The number of benzene rings is 1. The molecule has 1 aromatic carbocycles. The molecule has 0 aliphatic carbocycles. The van der Waals surface area contributed by atoms with Crippen LogP contribution in [0.2, 0.25) is 0 Å². The number of nitrogens with one attached hydrogen (secondary N) is 2. The van der Waals surface area contributed by atoms with Crippen molar-refractivity contribution >= 4 is 27.4 Å². The summed E-state index contributed by atoms with van der Waals surface area (Å²) >= 11 is 0. The maximum absolute atomic E-state index is 11.8. The molecule has 0 atom stereocenters. The Morgan fingerprint density at radius 3 is 2.68 bits per heavy atom. The highest BCUT2D eigenvalue weighted by molar-refractivity contribution is 7.89. The second-order valence-corrected chi connectivity index (χ2v) is 5.48. The van der Waals surface area contributed by atoms with Crippen molar-refractivity contribution in [3.8, 4) is 0 Å². The van der Waals surface area contributed by atoms with Gasteiger partial charge in [0.05, 0.1) is 12.3 Å². The third-order valence-electron chi connectivity index (χ3n) is 2.29. The van der Waals surface area contributed by atoms with Gasteiger partial charge in [-0.3, -0.25) is 4.79 Å². The summed E-state index contributed by atoms with van der Waals surface area (Å²) in [5.74, 6) is -0.466. The number of carbonyl (C=O) groups is 1. The molecule has 19 heavy (non-hydrogen) atoms. The van der Waals surface area contributed by atoms with Gasteiger partial charge in [0.15, 0.2) is 0 Å². The van der Waals surface area contributed by atoms with Crippen LogP contribution in [0.3, 0.4) is 0 Å². The molecule has 0 saturated heterocycles. The Morgan fingerprint density at radius 1 is 1.42 bits per heavy atom. The molecule has 0 amide bonds. The molecule has 0 aromatic heterocycles. The molecule has 0 saturated carbocycles. The fourth-order valence-corrected chi connectivity index (χ4v) is 2.34. The van der Waals surface area contributed by atoms with Gasteiger partial charge >= 0.3 is 5.97 Å². The lowest BCUT2D eigenvalue weighted by atomic mass is 10.3. The predicted molar refractivity (Wildman–Crippen MR) is 72.2 cm³/mol. The van der Waals surface area contributed by atoms with Crippen molar-refractivity contribution < 1.29 is 17.9 Å². The molecule has 0 unspecified atom stereocenters. The fourth-order valence-electron chi connectivity index (χ4n) is 1.40. The van der Waals surface area contributed by atoms with Gasteiger partial charge in [0.2, 0.25) is 10.0 Å². The number of nitrogens with two attached hydrogens (primary N) is 1. The van der Waals surface area contributed by atoms with Crippen molar-refractivity contribution in [2.45, 2.75) is 11.8 Å². The molecular weight excluding hydrogens is 270 g/mol. The minimum Gasteiger partial charge on any atom is -0.465 e. The summed E-state index contributed by atoms with van der Waals surface area (Å²) in [7, 11) is -2.36. The monoisotopic (exact) mass is 287 g/mol. The van der Waals surface area contributed by atoms with Crippen molar-refractivity contribution in [2.75, 3.05) is 31.2 Å². The third-order valence-corrected chi connectivity index (χ3v) is 3.75. The Hall–Kier alpha value is -1.80. The number of anilines is 2. The Balaban J connectivity index is 2.98. The van der Waals surface area contributed by atoms with E-state index in [0.717, 1.165) is 0 Å². The maximum atomic E-state index is 11.8. The van der Waals surface area contributed by atoms with Gasteiger partial charge in [0.1, 0.15) is 11.4 Å².